The van der Waals surface area contributed by atoms with E-state index in [1.165, 1.54) is 17.2 Å². The van der Waals surface area contributed by atoms with Crippen LogP contribution < -0.4 is 15.7 Å². The van der Waals surface area contributed by atoms with Crippen LogP contribution in [0, 0.1) is 11.7 Å². The molecule has 3 aromatic rings. The number of nitrogens with zero attached hydrogens (tertiary/aromatic N) is 5. The first-order chi connectivity index (χ1) is 16.9. The van der Waals surface area contributed by atoms with Gasteiger partial charge in [0.05, 0.1) is 17.9 Å². The third-order valence-corrected chi connectivity index (χ3v) is 7.18. The van der Waals surface area contributed by atoms with Crippen LogP contribution in [-0.4, -0.2) is 36.1 Å². The van der Waals surface area contributed by atoms with E-state index in [2.05, 4.69) is 15.5 Å². The largest absolute Gasteiger partial charge is 0.490 e. The first-order valence-electron chi connectivity index (χ1n) is 12.4. The van der Waals surface area contributed by atoms with E-state index in [0.717, 1.165) is 49.3 Å². The number of aryl methyl sites for hydroxylation is 2. The average Bonchev–Trinajstić information content (AvgIpc) is 3.42. The first-order valence-corrected chi connectivity index (χ1v) is 12.4. The molecule has 10 heteroatoms. The number of benzene rings is 1. The van der Waals surface area contributed by atoms with Gasteiger partial charge in [0.1, 0.15) is 28.9 Å². The highest BCUT2D eigenvalue weighted by atomic mass is 19.1. The number of fused-ring (bicyclic) bond motifs is 1. The van der Waals surface area contributed by atoms with Crippen molar-refractivity contribution in [2.45, 2.75) is 70.9 Å². The van der Waals surface area contributed by atoms with Crippen molar-refractivity contribution in [1.29, 1.82) is 0 Å². The average molecular weight is 483 g/mol. The second-order valence-corrected chi connectivity index (χ2v) is 9.53. The fourth-order valence-electron chi connectivity index (χ4n) is 5.12. The van der Waals surface area contributed by atoms with Gasteiger partial charge in [0.2, 0.25) is 0 Å². The Morgan fingerprint density at radius 2 is 2.00 bits per heavy atom. The minimum Gasteiger partial charge on any atom is -0.490 e. The van der Waals surface area contributed by atoms with E-state index in [0.29, 0.717) is 30.5 Å². The lowest BCUT2D eigenvalue weighted by Crippen LogP contribution is -2.28. The molecule has 0 bridgehead atoms. The molecule has 1 aromatic carbocycles. The molecule has 1 amide bonds. The van der Waals surface area contributed by atoms with Gasteiger partial charge in [0.15, 0.2) is 0 Å². The zero-order valence-electron chi connectivity index (χ0n) is 20.2. The molecule has 5 rings (SSSR count). The highest BCUT2D eigenvalue weighted by Gasteiger charge is 2.27. The molecule has 1 N–H and O–H groups in total. The number of nitrogens with one attached hydrogen (secondary N) is 1. The van der Waals surface area contributed by atoms with Gasteiger partial charge >= 0.3 is 5.69 Å². The summed E-state index contributed by atoms with van der Waals surface area (Å²) in [4.78, 5) is 26.2. The number of amides is 1. The molecule has 2 aliphatic rings. The lowest BCUT2D eigenvalue weighted by atomic mass is 9.86. The van der Waals surface area contributed by atoms with Crippen molar-refractivity contribution in [2.75, 3.05) is 5.32 Å². The molecule has 1 atom stereocenters. The Bertz CT molecular complexity index is 1290. The van der Waals surface area contributed by atoms with Gasteiger partial charge in [-0.1, -0.05) is 19.3 Å². The third-order valence-electron chi connectivity index (χ3n) is 7.18. The Kier molecular flexibility index (Phi) is 6.44. The number of hydrogen-bond donors (Lipinski definition) is 1. The maximum Gasteiger partial charge on any atom is 0.350 e. The topological polar surface area (TPSA) is 96.0 Å². The molecule has 0 spiro atoms. The molecule has 2 aromatic heterocycles. The van der Waals surface area contributed by atoms with E-state index in [1.54, 1.807) is 23.9 Å². The normalized spacial score (nSPS) is 17.1. The Morgan fingerprint density at radius 1 is 1.20 bits per heavy atom. The van der Waals surface area contributed by atoms with E-state index in [4.69, 9.17) is 4.74 Å². The van der Waals surface area contributed by atoms with Crippen LogP contribution >= 0.6 is 0 Å². The Labute approximate surface area is 202 Å². The predicted octanol–water partition coefficient (Wildman–Crippen LogP) is 3.84. The standard InChI is InChI=1S/C25H31FN6O3/c1-16(17-8-4-3-5-9-17)35-21-15-20(32-25(34)31-13-7-6-10-23(31)29-32)19(26)14-18(21)24(33)28-22-11-12-27-30(22)2/h11-12,14-17H,3-10,13H2,1-2H3,(H,28,33)/t16-/m0/s1. The zero-order chi connectivity index (χ0) is 24.5. The number of halogens is 1. The monoisotopic (exact) mass is 482 g/mol. The van der Waals surface area contributed by atoms with Gasteiger partial charge < -0.3 is 10.1 Å². The maximum absolute atomic E-state index is 15.4. The molecule has 0 saturated heterocycles. The smallest absolute Gasteiger partial charge is 0.350 e. The molecule has 3 heterocycles. The van der Waals surface area contributed by atoms with Crippen molar-refractivity contribution in [3.63, 3.8) is 0 Å². The van der Waals surface area contributed by atoms with Gasteiger partial charge in [-0.2, -0.15) is 9.78 Å². The van der Waals surface area contributed by atoms with Gasteiger partial charge in [-0.15, -0.1) is 5.10 Å². The molecule has 186 valence electrons. The number of aromatic nitrogens is 5. The molecule has 0 unspecified atom stereocenters. The summed E-state index contributed by atoms with van der Waals surface area (Å²) in [5.41, 5.74) is -0.330. The van der Waals surface area contributed by atoms with Crippen LogP contribution in [0.15, 0.2) is 29.2 Å². The van der Waals surface area contributed by atoms with Crippen LogP contribution in [-0.2, 0) is 20.0 Å². The predicted molar refractivity (Wildman–Crippen MR) is 129 cm³/mol. The van der Waals surface area contributed by atoms with Crippen LogP contribution in [0.1, 0.15) is 68.1 Å². The summed E-state index contributed by atoms with van der Waals surface area (Å²) in [5, 5.41) is 11.2. The SMILES string of the molecule is C[C@H](Oc1cc(-n2nc3n(c2=O)CCCC3)c(F)cc1C(=O)Nc1ccnn1C)C1CCCCC1. The fourth-order valence-corrected chi connectivity index (χ4v) is 5.12. The van der Waals surface area contributed by atoms with Crippen LogP contribution in [0.4, 0.5) is 10.2 Å². The van der Waals surface area contributed by atoms with Crippen LogP contribution in [0.25, 0.3) is 5.69 Å². The first kappa shape index (κ1) is 23.3. The molecular formula is C25H31FN6O3. The second-order valence-electron chi connectivity index (χ2n) is 9.53. The van der Waals surface area contributed by atoms with Crippen molar-refractivity contribution in [1.82, 2.24) is 24.1 Å². The van der Waals surface area contributed by atoms with E-state index in [1.807, 2.05) is 6.92 Å². The van der Waals surface area contributed by atoms with Gasteiger partial charge in [0.25, 0.3) is 5.91 Å². The van der Waals surface area contributed by atoms with Crippen LogP contribution in [0.3, 0.4) is 0 Å². The molecular weight excluding hydrogens is 451 g/mol. The summed E-state index contributed by atoms with van der Waals surface area (Å²) in [5.74, 6) is 0.488. The lowest BCUT2D eigenvalue weighted by Gasteiger charge is -2.29. The summed E-state index contributed by atoms with van der Waals surface area (Å²) < 4.78 is 25.9. The second kappa shape index (κ2) is 9.67. The zero-order valence-corrected chi connectivity index (χ0v) is 20.2. The summed E-state index contributed by atoms with van der Waals surface area (Å²) in [6.45, 7) is 2.56. The third kappa shape index (κ3) is 4.61. The van der Waals surface area contributed by atoms with Crippen molar-refractivity contribution in [3.8, 4) is 11.4 Å². The molecule has 9 nitrogen and oxygen atoms in total. The van der Waals surface area contributed by atoms with Gasteiger partial charge in [-0.3, -0.25) is 14.0 Å². The van der Waals surface area contributed by atoms with Gasteiger partial charge in [-0.05, 0) is 44.6 Å². The Morgan fingerprint density at radius 3 is 2.71 bits per heavy atom. The van der Waals surface area contributed by atoms with E-state index in [-0.39, 0.29) is 28.8 Å². The van der Waals surface area contributed by atoms with Gasteiger partial charge in [0, 0.05) is 32.1 Å². The number of anilines is 1. The number of rotatable bonds is 6. The van der Waals surface area contributed by atoms with Gasteiger partial charge in [-0.25, -0.2) is 9.18 Å². The maximum atomic E-state index is 15.4. The number of ether oxygens (including phenoxy) is 1. The number of hydrogen-bond acceptors (Lipinski definition) is 5. The van der Waals surface area contributed by atoms with E-state index in [9.17, 15) is 9.59 Å². The number of carbonyl (C=O) groups is 1. The number of carbonyl (C=O) groups excluding carboxylic acids is 1. The summed E-state index contributed by atoms with van der Waals surface area (Å²) in [6, 6.07) is 4.23. The van der Waals surface area contributed by atoms with Crippen molar-refractivity contribution in [2.24, 2.45) is 13.0 Å². The summed E-state index contributed by atoms with van der Waals surface area (Å²) in [6.07, 6.45) is 9.54. The Hall–Kier alpha value is -3.43. The lowest BCUT2D eigenvalue weighted by molar-refractivity contribution is 0.0996. The van der Waals surface area contributed by atoms with Crippen molar-refractivity contribution >= 4 is 11.7 Å². The highest BCUT2D eigenvalue weighted by molar-refractivity contribution is 6.06. The fraction of sp³-hybridized carbons (Fsp3) is 0.520. The summed E-state index contributed by atoms with van der Waals surface area (Å²) >= 11 is 0. The molecule has 1 aliphatic carbocycles. The minimum atomic E-state index is -0.713. The van der Waals surface area contributed by atoms with E-state index >= 15 is 4.39 Å². The minimum absolute atomic E-state index is 0.0140. The molecule has 0 radical (unpaired) electrons. The van der Waals surface area contributed by atoms with Crippen molar-refractivity contribution < 1.29 is 13.9 Å². The highest BCUT2D eigenvalue weighted by Crippen LogP contribution is 2.32. The molecule has 1 aliphatic heterocycles. The van der Waals surface area contributed by atoms with E-state index < -0.39 is 11.7 Å². The molecule has 35 heavy (non-hydrogen) atoms. The van der Waals surface area contributed by atoms with Crippen LogP contribution in [0.2, 0.25) is 0 Å². The summed E-state index contributed by atoms with van der Waals surface area (Å²) in [7, 11) is 1.70. The molecule has 1 saturated carbocycles. The van der Waals surface area contributed by atoms with Crippen LogP contribution in [0.5, 0.6) is 5.75 Å². The molecule has 1 fully saturated rings. The quantitative estimate of drug-likeness (QED) is 0.576. The Balaban J connectivity index is 1.54. The van der Waals surface area contributed by atoms with Crippen molar-refractivity contribution in [3.05, 3.63) is 52.1 Å².